The van der Waals surface area contributed by atoms with Crippen molar-refractivity contribution in [1.82, 2.24) is 10.2 Å². The van der Waals surface area contributed by atoms with E-state index in [1.54, 1.807) is 29.6 Å². The summed E-state index contributed by atoms with van der Waals surface area (Å²) in [6.07, 6.45) is 0.610. The molecule has 0 saturated heterocycles. The highest BCUT2D eigenvalue weighted by Gasteiger charge is 2.34. The second kappa shape index (κ2) is 7.56. The second-order valence-electron chi connectivity index (χ2n) is 6.08. The summed E-state index contributed by atoms with van der Waals surface area (Å²) in [5.41, 5.74) is 6.77. The molecule has 0 radical (unpaired) electrons. The Labute approximate surface area is 168 Å². The van der Waals surface area contributed by atoms with Crippen LogP contribution in [0.25, 0.3) is 0 Å². The highest BCUT2D eigenvalue weighted by Crippen LogP contribution is 2.36. The number of rotatable bonds is 5. The molecule has 0 fully saturated rings. The zero-order chi connectivity index (χ0) is 19.7. The summed E-state index contributed by atoms with van der Waals surface area (Å²) in [7, 11) is 0. The van der Waals surface area contributed by atoms with E-state index in [0.717, 1.165) is 15.5 Å². The first-order chi connectivity index (χ1) is 13.5. The van der Waals surface area contributed by atoms with E-state index in [0.29, 0.717) is 12.1 Å². The summed E-state index contributed by atoms with van der Waals surface area (Å²) < 4.78 is 9.90. The number of hydrogen-bond donors (Lipinski definition) is 1. The molecule has 2 N–H and O–H groups in total. The van der Waals surface area contributed by atoms with E-state index >= 15 is 0 Å². The molecule has 0 saturated carbocycles. The van der Waals surface area contributed by atoms with Gasteiger partial charge in [0.2, 0.25) is 5.88 Å². The lowest BCUT2D eigenvalue weighted by molar-refractivity contribution is -0.136. The van der Waals surface area contributed by atoms with Gasteiger partial charge in [0, 0.05) is 11.3 Å². The average Bonchev–Trinajstić information content (AvgIpc) is 3.44. The number of esters is 1. The number of anilines is 1. The molecule has 3 aromatic heterocycles. The standard InChI is InChI=1S/C18H16N4O4S2/c1-10-16(17(19)26-21-10)18(24)25-9-15(23)22-12(14-5-3-7-28-14)8-11(20-22)13-4-2-6-27-13/h2-7,12H,8-9,19H2,1H3. The first kappa shape index (κ1) is 18.4. The van der Waals surface area contributed by atoms with Gasteiger partial charge in [0.25, 0.3) is 5.91 Å². The molecule has 4 heterocycles. The van der Waals surface area contributed by atoms with E-state index in [4.69, 9.17) is 15.0 Å². The van der Waals surface area contributed by atoms with Crippen LogP contribution in [-0.2, 0) is 9.53 Å². The third-order valence-electron chi connectivity index (χ3n) is 4.26. The molecular formula is C18H16N4O4S2. The Bertz CT molecular complexity index is 1000. The predicted molar refractivity (Wildman–Crippen MR) is 105 cm³/mol. The SMILES string of the molecule is Cc1noc(N)c1C(=O)OCC(=O)N1N=C(c2cccs2)CC1c1cccs1. The van der Waals surface area contributed by atoms with Crippen molar-refractivity contribution in [2.45, 2.75) is 19.4 Å². The number of ether oxygens (including phenoxy) is 1. The van der Waals surface area contributed by atoms with E-state index in [1.165, 1.54) is 5.01 Å². The minimum Gasteiger partial charge on any atom is -0.452 e. The number of thiophene rings is 2. The predicted octanol–water partition coefficient (Wildman–Crippen LogP) is 3.22. The molecule has 144 valence electrons. The Morgan fingerprint density at radius 3 is 2.75 bits per heavy atom. The molecule has 0 aromatic carbocycles. The molecule has 8 nitrogen and oxygen atoms in total. The molecule has 1 amide bonds. The summed E-state index contributed by atoms with van der Waals surface area (Å²) in [4.78, 5) is 27.1. The van der Waals surface area contributed by atoms with Crippen LogP contribution in [0.2, 0.25) is 0 Å². The monoisotopic (exact) mass is 416 g/mol. The average molecular weight is 416 g/mol. The molecule has 1 aliphatic heterocycles. The maximum atomic E-state index is 12.8. The van der Waals surface area contributed by atoms with E-state index in [9.17, 15) is 9.59 Å². The number of nitrogens with zero attached hydrogens (tertiary/aromatic N) is 3. The molecule has 0 spiro atoms. The summed E-state index contributed by atoms with van der Waals surface area (Å²) in [5.74, 6) is -1.30. The van der Waals surface area contributed by atoms with Gasteiger partial charge in [-0.1, -0.05) is 17.3 Å². The van der Waals surface area contributed by atoms with Crippen LogP contribution in [0.3, 0.4) is 0 Å². The first-order valence-corrected chi connectivity index (χ1v) is 10.2. The second-order valence-corrected chi connectivity index (χ2v) is 8.01. The van der Waals surface area contributed by atoms with Crippen molar-refractivity contribution in [1.29, 1.82) is 0 Å². The van der Waals surface area contributed by atoms with E-state index < -0.39 is 18.5 Å². The van der Waals surface area contributed by atoms with Crippen molar-refractivity contribution in [3.63, 3.8) is 0 Å². The van der Waals surface area contributed by atoms with Crippen molar-refractivity contribution < 1.29 is 18.8 Å². The van der Waals surface area contributed by atoms with Crippen LogP contribution in [-0.4, -0.2) is 34.4 Å². The smallest absolute Gasteiger partial charge is 0.346 e. The van der Waals surface area contributed by atoms with E-state index in [-0.39, 0.29) is 17.5 Å². The van der Waals surface area contributed by atoms with Crippen molar-refractivity contribution >= 4 is 46.1 Å². The number of hydrazone groups is 1. The van der Waals surface area contributed by atoms with Gasteiger partial charge in [-0.25, -0.2) is 9.80 Å². The number of amides is 1. The fourth-order valence-electron chi connectivity index (χ4n) is 2.94. The van der Waals surface area contributed by atoms with Crippen LogP contribution in [0.5, 0.6) is 0 Å². The molecule has 3 aromatic rings. The van der Waals surface area contributed by atoms with E-state index in [1.807, 2.05) is 35.0 Å². The van der Waals surface area contributed by atoms with Crippen LogP contribution in [0, 0.1) is 6.92 Å². The summed E-state index contributed by atoms with van der Waals surface area (Å²) in [5, 5.41) is 13.5. The Morgan fingerprint density at radius 2 is 2.11 bits per heavy atom. The third kappa shape index (κ3) is 3.43. The summed E-state index contributed by atoms with van der Waals surface area (Å²) in [6, 6.07) is 7.60. The zero-order valence-corrected chi connectivity index (χ0v) is 16.5. The lowest BCUT2D eigenvalue weighted by Crippen LogP contribution is -2.31. The molecule has 1 unspecified atom stereocenters. The Balaban J connectivity index is 1.51. The maximum absolute atomic E-state index is 12.8. The lowest BCUT2D eigenvalue weighted by Gasteiger charge is -2.20. The number of carbonyl (C=O) groups excluding carboxylic acids is 2. The van der Waals surface area contributed by atoms with Gasteiger partial charge in [0.1, 0.15) is 5.56 Å². The molecule has 28 heavy (non-hydrogen) atoms. The lowest BCUT2D eigenvalue weighted by atomic mass is 10.1. The van der Waals surface area contributed by atoms with Gasteiger partial charge in [-0.15, -0.1) is 22.7 Å². The molecule has 0 aliphatic carbocycles. The maximum Gasteiger partial charge on any atom is 0.346 e. The molecule has 0 bridgehead atoms. The van der Waals surface area contributed by atoms with E-state index in [2.05, 4.69) is 10.3 Å². The normalized spacial score (nSPS) is 16.2. The van der Waals surface area contributed by atoms with Crippen molar-refractivity contribution in [2.24, 2.45) is 5.10 Å². The molecular weight excluding hydrogens is 400 g/mol. The number of nitrogens with two attached hydrogens (primary N) is 1. The van der Waals surface area contributed by atoms with Crippen LogP contribution in [0.4, 0.5) is 5.88 Å². The number of carbonyl (C=O) groups is 2. The van der Waals surface area contributed by atoms with Gasteiger partial charge in [-0.2, -0.15) is 5.10 Å². The van der Waals surface area contributed by atoms with Crippen LogP contribution >= 0.6 is 22.7 Å². The van der Waals surface area contributed by atoms with Crippen molar-refractivity contribution in [3.05, 3.63) is 56.0 Å². The van der Waals surface area contributed by atoms with Gasteiger partial charge in [0.05, 0.1) is 22.3 Å². The van der Waals surface area contributed by atoms with Crippen molar-refractivity contribution in [3.8, 4) is 0 Å². The largest absolute Gasteiger partial charge is 0.452 e. The number of aromatic nitrogens is 1. The Morgan fingerprint density at radius 1 is 1.32 bits per heavy atom. The first-order valence-electron chi connectivity index (χ1n) is 8.40. The number of hydrogen-bond acceptors (Lipinski definition) is 9. The fraction of sp³-hybridized carbons (Fsp3) is 0.222. The minimum atomic E-state index is -0.751. The van der Waals surface area contributed by atoms with Crippen LogP contribution in [0.1, 0.15) is 38.3 Å². The fourth-order valence-corrected chi connectivity index (χ4v) is 4.47. The number of aryl methyl sites for hydroxylation is 1. The van der Waals surface area contributed by atoms with Crippen LogP contribution < -0.4 is 5.73 Å². The summed E-state index contributed by atoms with van der Waals surface area (Å²) >= 11 is 3.13. The Hall–Kier alpha value is -2.98. The zero-order valence-electron chi connectivity index (χ0n) is 14.8. The van der Waals surface area contributed by atoms with Crippen molar-refractivity contribution in [2.75, 3.05) is 12.3 Å². The molecule has 4 rings (SSSR count). The molecule has 1 atom stereocenters. The van der Waals surface area contributed by atoms with Gasteiger partial charge in [-0.05, 0) is 29.8 Å². The van der Waals surface area contributed by atoms with Gasteiger partial charge in [0.15, 0.2) is 6.61 Å². The van der Waals surface area contributed by atoms with Gasteiger partial charge in [-0.3, -0.25) is 4.79 Å². The minimum absolute atomic E-state index is 0.0341. The molecule has 10 heteroatoms. The highest BCUT2D eigenvalue weighted by molar-refractivity contribution is 7.12. The summed E-state index contributed by atoms with van der Waals surface area (Å²) in [6.45, 7) is 1.12. The van der Waals surface area contributed by atoms with Crippen LogP contribution in [0.15, 0.2) is 44.7 Å². The quantitative estimate of drug-likeness (QED) is 0.639. The van der Waals surface area contributed by atoms with Gasteiger partial charge < -0.3 is 15.0 Å². The Kier molecular flexibility index (Phi) is 4.97. The molecule has 1 aliphatic rings. The number of nitrogen functional groups attached to an aromatic ring is 1. The highest BCUT2D eigenvalue weighted by atomic mass is 32.1. The third-order valence-corrected chi connectivity index (χ3v) is 6.16. The van der Waals surface area contributed by atoms with Gasteiger partial charge >= 0.3 is 5.97 Å². The topological polar surface area (TPSA) is 111 Å².